The number of likely N-dealkylation sites (tertiary alicyclic amines) is 1. The minimum absolute atomic E-state index is 0.0170. The van der Waals surface area contributed by atoms with E-state index >= 15 is 0 Å². The highest BCUT2D eigenvalue weighted by molar-refractivity contribution is 5.68. The van der Waals surface area contributed by atoms with Crippen molar-refractivity contribution < 1.29 is 27.4 Å². The Morgan fingerprint density at radius 2 is 1.81 bits per heavy atom. The molecule has 2 heterocycles. The highest BCUT2D eigenvalue weighted by Crippen LogP contribution is 2.50. The molecule has 150 valence electrons. The lowest BCUT2D eigenvalue weighted by molar-refractivity contribution is -0.141. The molecule has 1 aromatic heterocycles. The van der Waals surface area contributed by atoms with Crippen LogP contribution in [0.2, 0.25) is 0 Å². The zero-order valence-corrected chi connectivity index (χ0v) is 15.8. The van der Waals surface area contributed by atoms with E-state index in [2.05, 4.69) is 4.98 Å². The molecule has 3 rings (SSSR count). The quantitative estimate of drug-likeness (QED) is 0.742. The Hall–Kier alpha value is -1.99. The number of amides is 1. The second kappa shape index (κ2) is 6.87. The van der Waals surface area contributed by atoms with Crippen molar-refractivity contribution in [1.82, 2.24) is 9.88 Å². The molecule has 1 saturated carbocycles. The fourth-order valence-electron chi connectivity index (χ4n) is 3.70. The third-order valence-corrected chi connectivity index (χ3v) is 5.13. The smallest absolute Gasteiger partial charge is 0.433 e. The highest BCUT2D eigenvalue weighted by atomic mass is 19.4. The fraction of sp³-hybridized carbons (Fsp3) is 0.684. The van der Waals surface area contributed by atoms with Crippen LogP contribution in [0.15, 0.2) is 18.3 Å². The van der Waals surface area contributed by atoms with E-state index in [-0.39, 0.29) is 17.6 Å². The molecule has 8 heteroatoms. The number of piperidine rings is 1. The maximum absolute atomic E-state index is 12.5. The normalized spacial score (nSPS) is 20.3. The van der Waals surface area contributed by atoms with Crippen LogP contribution in [0.1, 0.15) is 52.1 Å². The summed E-state index contributed by atoms with van der Waals surface area (Å²) in [6, 6.07) is 2.25. The number of carbonyl (C=O) groups is 1. The van der Waals surface area contributed by atoms with Crippen molar-refractivity contribution >= 4 is 6.09 Å². The van der Waals surface area contributed by atoms with Gasteiger partial charge in [-0.25, -0.2) is 9.78 Å². The molecule has 1 amide bonds. The van der Waals surface area contributed by atoms with Crippen LogP contribution < -0.4 is 4.74 Å². The number of alkyl halides is 3. The number of aromatic nitrogens is 1. The SMILES string of the molecule is CC(C)(C)OC(=O)N1CCC2(CC1)CC(Oc1ccc(C(F)(F)F)nc1)C2. The van der Waals surface area contributed by atoms with Gasteiger partial charge in [-0.2, -0.15) is 13.2 Å². The summed E-state index contributed by atoms with van der Waals surface area (Å²) in [6.07, 6.45) is -0.154. The van der Waals surface area contributed by atoms with E-state index in [9.17, 15) is 18.0 Å². The van der Waals surface area contributed by atoms with Crippen molar-refractivity contribution in [2.45, 2.75) is 64.3 Å². The Balaban J connectivity index is 1.45. The Morgan fingerprint density at radius 1 is 1.19 bits per heavy atom. The van der Waals surface area contributed by atoms with Crippen LogP contribution >= 0.6 is 0 Å². The molecule has 0 N–H and O–H groups in total. The lowest BCUT2D eigenvalue weighted by Crippen LogP contribution is -2.52. The summed E-state index contributed by atoms with van der Waals surface area (Å²) in [6.45, 7) is 6.86. The van der Waals surface area contributed by atoms with E-state index in [0.29, 0.717) is 18.8 Å². The summed E-state index contributed by atoms with van der Waals surface area (Å²) in [5.41, 5.74) is -1.27. The van der Waals surface area contributed by atoms with Gasteiger partial charge in [0.2, 0.25) is 0 Å². The van der Waals surface area contributed by atoms with Crippen LogP contribution in [-0.2, 0) is 10.9 Å². The molecule has 1 saturated heterocycles. The third-order valence-electron chi connectivity index (χ3n) is 5.13. The maximum Gasteiger partial charge on any atom is 0.433 e. The molecule has 1 spiro atoms. The second-order valence-electron chi connectivity index (χ2n) is 8.49. The van der Waals surface area contributed by atoms with E-state index in [0.717, 1.165) is 37.9 Å². The van der Waals surface area contributed by atoms with Crippen molar-refractivity contribution in [1.29, 1.82) is 0 Å². The van der Waals surface area contributed by atoms with Gasteiger partial charge in [0.15, 0.2) is 0 Å². The van der Waals surface area contributed by atoms with Crippen LogP contribution in [0.4, 0.5) is 18.0 Å². The van der Waals surface area contributed by atoms with Gasteiger partial charge in [-0.15, -0.1) is 0 Å². The van der Waals surface area contributed by atoms with Gasteiger partial charge in [0.1, 0.15) is 17.0 Å². The van der Waals surface area contributed by atoms with Gasteiger partial charge >= 0.3 is 12.3 Å². The molecule has 1 aromatic rings. The summed E-state index contributed by atoms with van der Waals surface area (Å²) in [4.78, 5) is 17.3. The summed E-state index contributed by atoms with van der Waals surface area (Å²) >= 11 is 0. The van der Waals surface area contributed by atoms with E-state index < -0.39 is 17.5 Å². The summed E-state index contributed by atoms with van der Waals surface area (Å²) in [5.74, 6) is 0.356. The molecule has 5 nitrogen and oxygen atoms in total. The molecule has 2 aliphatic rings. The fourth-order valence-corrected chi connectivity index (χ4v) is 3.70. The molecular weight excluding hydrogens is 361 g/mol. The van der Waals surface area contributed by atoms with Gasteiger partial charge in [0.25, 0.3) is 0 Å². The molecule has 27 heavy (non-hydrogen) atoms. The molecule has 0 atom stereocenters. The van der Waals surface area contributed by atoms with E-state index in [1.165, 1.54) is 6.07 Å². The molecule has 0 bridgehead atoms. The lowest BCUT2D eigenvalue weighted by Gasteiger charge is -2.51. The molecule has 2 fully saturated rings. The Bertz CT molecular complexity index is 667. The number of carbonyl (C=O) groups excluding carboxylic acids is 1. The molecular formula is C19H25F3N2O3. The van der Waals surface area contributed by atoms with Gasteiger partial charge in [-0.3, -0.25) is 0 Å². The second-order valence-corrected chi connectivity index (χ2v) is 8.49. The van der Waals surface area contributed by atoms with Gasteiger partial charge in [-0.1, -0.05) is 0 Å². The topological polar surface area (TPSA) is 51.7 Å². The van der Waals surface area contributed by atoms with Gasteiger partial charge in [-0.05, 0) is 64.0 Å². The van der Waals surface area contributed by atoms with Crippen molar-refractivity contribution in [3.63, 3.8) is 0 Å². The summed E-state index contributed by atoms with van der Waals surface area (Å²) < 4.78 is 48.8. The largest absolute Gasteiger partial charge is 0.489 e. The zero-order chi connectivity index (χ0) is 19.9. The summed E-state index contributed by atoms with van der Waals surface area (Å²) in [5, 5.41) is 0. The maximum atomic E-state index is 12.5. The molecule has 0 unspecified atom stereocenters. The molecule has 0 radical (unpaired) electrons. The first-order valence-electron chi connectivity index (χ1n) is 9.14. The van der Waals surface area contributed by atoms with Crippen LogP contribution in [0.25, 0.3) is 0 Å². The first-order valence-corrected chi connectivity index (χ1v) is 9.14. The molecule has 1 aliphatic carbocycles. The van der Waals surface area contributed by atoms with Crippen LogP contribution in [0, 0.1) is 5.41 Å². The van der Waals surface area contributed by atoms with E-state index in [4.69, 9.17) is 9.47 Å². The Morgan fingerprint density at radius 3 is 2.30 bits per heavy atom. The third kappa shape index (κ3) is 4.84. The predicted octanol–water partition coefficient (Wildman–Crippen LogP) is 4.66. The van der Waals surface area contributed by atoms with Crippen LogP contribution in [-0.4, -0.2) is 40.8 Å². The molecule has 1 aliphatic heterocycles. The number of nitrogens with zero attached hydrogens (tertiary/aromatic N) is 2. The van der Waals surface area contributed by atoms with Gasteiger partial charge < -0.3 is 14.4 Å². The highest BCUT2D eigenvalue weighted by Gasteiger charge is 2.48. The Labute approximate surface area is 156 Å². The van der Waals surface area contributed by atoms with E-state index in [1.54, 1.807) is 4.90 Å². The number of halogens is 3. The predicted molar refractivity (Wildman–Crippen MR) is 92.4 cm³/mol. The van der Waals surface area contributed by atoms with Crippen molar-refractivity contribution in [3.8, 4) is 5.75 Å². The van der Waals surface area contributed by atoms with Crippen molar-refractivity contribution in [3.05, 3.63) is 24.0 Å². The van der Waals surface area contributed by atoms with Crippen molar-refractivity contribution in [2.75, 3.05) is 13.1 Å². The first-order chi connectivity index (χ1) is 12.5. The van der Waals surface area contributed by atoms with Crippen molar-refractivity contribution in [2.24, 2.45) is 5.41 Å². The molecule has 0 aromatic carbocycles. The monoisotopic (exact) mass is 386 g/mol. The number of hydrogen-bond acceptors (Lipinski definition) is 4. The standard InChI is InChI=1S/C19H25F3N2O3/c1-17(2,3)27-16(25)24-8-6-18(7-9-24)10-14(11-18)26-13-4-5-15(23-12-13)19(20,21)22/h4-5,12,14H,6-11H2,1-3H3. The van der Waals surface area contributed by atoms with Gasteiger partial charge in [0.05, 0.1) is 12.3 Å². The number of rotatable bonds is 2. The van der Waals surface area contributed by atoms with Gasteiger partial charge in [0, 0.05) is 13.1 Å². The van der Waals surface area contributed by atoms with Crippen LogP contribution in [0.3, 0.4) is 0 Å². The lowest BCUT2D eigenvalue weighted by atomic mass is 9.61. The minimum Gasteiger partial charge on any atom is -0.489 e. The zero-order valence-electron chi connectivity index (χ0n) is 15.8. The van der Waals surface area contributed by atoms with E-state index in [1.807, 2.05) is 20.8 Å². The average molecular weight is 386 g/mol. The number of ether oxygens (including phenoxy) is 2. The Kier molecular flexibility index (Phi) is 5.03. The number of pyridine rings is 1. The number of hydrogen-bond donors (Lipinski definition) is 0. The summed E-state index contributed by atoms with van der Waals surface area (Å²) in [7, 11) is 0. The van der Waals surface area contributed by atoms with Crippen LogP contribution in [0.5, 0.6) is 5.75 Å². The average Bonchev–Trinajstić information content (AvgIpc) is 2.52. The first kappa shape index (κ1) is 19.8. The minimum atomic E-state index is -4.44.